The van der Waals surface area contributed by atoms with Crippen LogP contribution in [-0.2, 0) is 4.74 Å². The minimum atomic E-state index is 0.466. The molecule has 3 heteroatoms. The molecule has 2 unspecified atom stereocenters. The van der Waals surface area contributed by atoms with E-state index in [-0.39, 0.29) is 0 Å². The van der Waals surface area contributed by atoms with Gasteiger partial charge in [-0.15, -0.1) is 0 Å². The fourth-order valence-corrected chi connectivity index (χ4v) is 2.78. The molecule has 2 rings (SSSR count). The predicted octanol–water partition coefficient (Wildman–Crippen LogP) is 3.06. The second-order valence-electron chi connectivity index (χ2n) is 5.69. The van der Waals surface area contributed by atoms with Gasteiger partial charge in [0.25, 0.3) is 0 Å². The largest absolute Gasteiger partial charge is 0.378 e. The first-order chi connectivity index (χ1) is 9.79. The molecule has 0 bridgehead atoms. The van der Waals surface area contributed by atoms with Crippen molar-refractivity contribution in [2.75, 3.05) is 31.6 Å². The lowest BCUT2D eigenvalue weighted by Gasteiger charge is -2.30. The average molecular weight is 276 g/mol. The Labute approximate surface area is 123 Å². The minimum absolute atomic E-state index is 0.466. The molecule has 112 valence electrons. The zero-order valence-electron chi connectivity index (χ0n) is 12.8. The molecule has 1 fully saturated rings. The van der Waals surface area contributed by atoms with E-state index >= 15 is 0 Å². The topological polar surface area (TPSA) is 24.5 Å². The molecule has 0 amide bonds. The fourth-order valence-electron chi connectivity index (χ4n) is 2.78. The maximum atomic E-state index is 5.71. The normalized spacial score (nSPS) is 22.7. The smallest absolute Gasteiger partial charge is 0.0587 e. The molecule has 0 saturated carbocycles. The van der Waals surface area contributed by atoms with Crippen molar-refractivity contribution >= 4 is 5.69 Å². The number of nitrogens with zero attached hydrogens (tertiary/aromatic N) is 1. The Balaban J connectivity index is 1.61. The van der Waals surface area contributed by atoms with E-state index in [0.29, 0.717) is 12.1 Å². The van der Waals surface area contributed by atoms with E-state index < -0.39 is 0 Å². The van der Waals surface area contributed by atoms with Crippen LogP contribution in [0.15, 0.2) is 30.3 Å². The summed E-state index contributed by atoms with van der Waals surface area (Å²) in [6, 6.07) is 11.2. The van der Waals surface area contributed by atoms with Gasteiger partial charge in [0.2, 0.25) is 0 Å². The molecule has 0 spiro atoms. The van der Waals surface area contributed by atoms with Crippen LogP contribution in [-0.4, -0.2) is 38.9 Å². The van der Waals surface area contributed by atoms with E-state index in [0.717, 1.165) is 32.5 Å². The lowest BCUT2D eigenvalue weighted by molar-refractivity contribution is 0.0000465. The minimum Gasteiger partial charge on any atom is -0.378 e. The van der Waals surface area contributed by atoms with Gasteiger partial charge in [-0.1, -0.05) is 25.1 Å². The molecular formula is C17H28N2O. The summed E-state index contributed by atoms with van der Waals surface area (Å²) in [4.78, 5) is 2.32. The highest BCUT2D eigenvalue weighted by molar-refractivity contribution is 5.44. The first-order valence-corrected chi connectivity index (χ1v) is 7.90. The Morgan fingerprint density at radius 1 is 1.30 bits per heavy atom. The van der Waals surface area contributed by atoms with Crippen molar-refractivity contribution in [3.63, 3.8) is 0 Å². The molecular weight excluding hydrogens is 248 g/mol. The molecule has 1 heterocycles. The Bertz CT molecular complexity index is 369. The van der Waals surface area contributed by atoms with Crippen LogP contribution < -0.4 is 10.2 Å². The lowest BCUT2D eigenvalue weighted by atomic mass is 10.0. The second kappa shape index (κ2) is 8.28. The van der Waals surface area contributed by atoms with Gasteiger partial charge in [0.1, 0.15) is 0 Å². The number of benzene rings is 1. The third-order valence-electron chi connectivity index (χ3n) is 4.12. The molecule has 1 saturated heterocycles. The summed E-state index contributed by atoms with van der Waals surface area (Å²) in [5.41, 5.74) is 1.30. The monoisotopic (exact) mass is 276 g/mol. The van der Waals surface area contributed by atoms with E-state index in [2.05, 4.69) is 54.5 Å². The summed E-state index contributed by atoms with van der Waals surface area (Å²) in [5.74, 6) is 0. The molecule has 1 aliphatic rings. The Hall–Kier alpha value is -1.06. The van der Waals surface area contributed by atoms with Crippen LogP contribution in [0, 0.1) is 0 Å². The highest BCUT2D eigenvalue weighted by atomic mass is 16.5. The highest BCUT2D eigenvalue weighted by Gasteiger charge is 2.20. The Morgan fingerprint density at radius 2 is 2.10 bits per heavy atom. The number of nitrogens with one attached hydrogen (secondary N) is 1. The summed E-state index contributed by atoms with van der Waals surface area (Å²) >= 11 is 0. The predicted molar refractivity (Wildman–Crippen MR) is 85.4 cm³/mol. The van der Waals surface area contributed by atoms with Crippen LogP contribution in [0.1, 0.15) is 32.6 Å². The first-order valence-electron chi connectivity index (χ1n) is 7.90. The van der Waals surface area contributed by atoms with Crippen molar-refractivity contribution in [2.24, 2.45) is 0 Å². The zero-order valence-corrected chi connectivity index (χ0v) is 12.8. The first kappa shape index (κ1) is 15.3. The molecule has 0 aliphatic carbocycles. The number of para-hydroxylation sites is 1. The van der Waals surface area contributed by atoms with Gasteiger partial charge < -0.3 is 15.0 Å². The van der Waals surface area contributed by atoms with E-state index in [4.69, 9.17) is 4.74 Å². The van der Waals surface area contributed by atoms with Crippen LogP contribution in [0.5, 0.6) is 0 Å². The van der Waals surface area contributed by atoms with Gasteiger partial charge in [0.15, 0.2) is 0 Å². The average Bonchev–Trinajstić information content (AvgIpc) is 2.52. The van der Waals surface area contributed by atoms with Crippen LogP contribution in [0.3, 0.4) is 0 Å². The maximum Gasteiger partial charge on any atom is 0.0587 e. The third kappa shape index (κ3) is 4.80. The number of rotatable bonds is 7. The highest BCUT2D eigenvalue weighted by Crippen LogP contribution is 2.16. The summed E-state index contributed by atoms with van der Waals surface area (Å²) in [6.07, 6.45) is 5.11. The van der Waals surface area contributed by atoms with Gasteiger partial charge in [0.05, 0.1) is 6.10 Å². The number of hydrogen-bond acceptors (Lipinski definition) is 3. The molecule has 20 heavy (non-hydrogen) atoms. The molecule has 1 N–H and O–H groups in total. The van der Waals surface area contributed by atoms with Gasteiger partial charge in [0, 0.05) is 31.9 Å². The zero-order chi connectivity index (χ0) is 14.2. The van der Waals surface area contributed by atoms with Gasteiger partial charge in [-0.2, -0.15) is 0 Å². The molecule has 0 radical (unpaired) electrons. The van der Waals surface area contributed by atoms with Gasteiger partial charge >= 0.3 is 0 Å². The van der Waals surface area contributed by atoms with Crippen LogP contribution in [0.4, 0.5) is 5.69 Å². The van der Waals surface area contributed by atoms with Crippen LogP contribution in [0.25, 0.3) is 0 Å². The number of anilines is 1. The summed E-state index contributed by atoms with van der Waals surface area (Å²) in [5, 5.41) is 3.69. The van der Waals surface area contributed by atoms with Crippen LogP contribution in [0.2, 0.25) is 0 Å². The van der Waals surface area contributed by atoms with Gasteiger partial charge in [-0.3, -0.25) is 0 Å². The quantitative estimate of drug-likeness (QED) is 0.775. The SMILES string of the molecule is CCC1CC(NCCCN(C)c2ccccc2)CCO1. The van der Waals surface area contributed by atoms with Crippen molar-refractivity contribution in [3.8, 4) is 0 Å². The van der Waals surface area contributed by atoms with E-state index in [9.17, 15) is 0 Å². The maximum absolute atomic E-state index is 5.71. The van der Waals surface area contributed by atoms with Crippen LogP contribution >= 0.6 is 0 Å². The van der Waals surface area contributed by atoms with Crippen molar-refractivity contribution in [1.82, 2.24) is 5.32 Å². The Morgan fingerprint density at radius 3 is 2.85 bits per heavy atom. The molecule has 1 aromatic carbocycles. The lowest BCUT2D eigenvalue weighted by Crippen LogP contribution is -2.39. The molecule has 1 aromatic rings. The molecule has 3 nitrogen and oxygen atoms in total. The Kier molecular flexibility index (Phi) is 6.34. The summed E-state index contributed by atoms with van der Waals surface area (Å²) < 4.78 is 5.71. The number of hydrogen-bond donors (Lipinski definition) is 1. The molecule has 1 aliphatic heterocycles. The van der Waals surface area contributed by atoms with Crippen molar-refractivity contribution in [2.45, 2.75) is 44.8 Å². The summed E-state index contributed by atoms with van der Waals surface area (Å²) in [7, 11) is 2.16. The molecule has 2 atom stereocenters. The van der Waals surface area contributed by atoms with E-state index in [1.54, 1.807) is 0 Å². The molecule has 0 aromatic heterocycles. The summed E-state index contributed by atoms with van der Waals surface area (Å²) in [6.45, 7) is 5.32. The standard InChI is InChI=1S/C17H28N2O/c1-3-17-14-15(10-13-20-17)18-11-7-12-19(2)16-8-5-4-6-9-16/h4-6,8-9,15,17-18H,3,7,10-14H2,1-2H3. The third-order valence-corrected chi connectivity index (χ3v) is 4.12. The van der Waals surface area contributed by atoms with E-state index in [1.165, 1.54) is 18.5 Å². The van der Waals surface area contributed by atoms with Crippen molar-refractivity contribution in [3.05, 3.63) is 30.3 Å². The van der Waals surface area contributed by atoms with Gasteiger partial charge in [-0.05, 0) is 44.4 Å². The van der Waals surface area contributed by atoms with Crippen molar-refractivity contribution in [1.29, 1.82) is 0 Å². The van der Waals surface area contributed by atoms with Crippen molar-refractivity contribution < 1.29 is 4.74 Å². The van der Waals surface area contributed by atoms with Gasteiger partial charge in [-0.25, -0.2) is 0 Å². The fraction of sp³-hybridized carbons (Fsp3) is 0.647. The van der Waals surface area contributed by atoms with E-state index in [1.807, 2.05) is 0 Å². The second-order valence-corrected chi connectivity index (χ2v) is 5.69. The number of ether oxygens (including phenoxy) is 1.